The van der Waals surface area contributed by atoms with Gasteiger partial charge in [0.25, 0.3) is 0 Å². The SMILES string of the molecule is FC(F)(F)c1ccccc1CNc1nc(Nc2ccc3[nH]ncc3c2)ncc1Br.FC(F)(F)c1ccccc1CNc1nc(Nc2ccc3cn[nH]c3c2)ncc1Br. The number of alkyl halides is 6. The first-order valence-electron chi connectivity index (χ1n) is 17.0. The van der Waals surface area contributed by atoms with Crippen molar-refractivity contribution in [2.45, 2.75) is 25.4 Å². The average molecular weight is 927 g/mol. The van der Waals surface area contributed by atoms with Gasteiger partial charge in [0.05, 0.1) is 43.5 Å². The highest BCUT2D eigenvalue weighted by Crippen LogP contribution is 2.34. The average Bonchev–Trinajstić information content (AvgIpc) is 3.87. The van der Waals surface area contributed by atoms with Crippen molar-refractivity contribution in [2.24, 2.45) is 0 Å². The Hall–Kier alpha value is -6.28. The number of benzene rings is 4. The van der Waals surface area contributed by atoms with Crippen molar-refractivity contribution < 1.29 is 26.3 Å². The minimum atomic E-state index is -4.42. The van der Waals surface area contributed by atoms with Gasteiger partial charge in [0.1, 0.15) is 11.6 Å². The number of aromatic nitrogens is 8. The van der Waals surface area contributed by atoms with Crippen LogP contribution in [0, 0.1) is 0 Å². The van der Waals surface area contributed by atoms with Crippen LogP contribution in [0.15, 0.2) is 119 Å². The first-order chi connectivity index (χ1) is 27.8. The van der Waals surface area contributed by atoms with E-state index < -0.39 is 23.5 Å². The number of rotatable bonds is 10. The first-order valence-corrected chi connectivity index (χ1v) is 18.6. The minimum absolute atomic E-state index is 0.0360. The van der Waals surface area contributed by atoms with Crippen LogP contribution < -0.4 is 21.3 Å². The smallest absolute Gasteiger partial charge is 0.365 e. The molecule has 0 aliphatic carbocycles. The van der Waals surface area contributed by atoms with E-state index in [-0.39, 0.29) is 24.2 Å². The van der Waals surface area contributed by atoms with E-state index in [9.17, 15) is 26.3 Å². The van der Waals surface area contributed by atoms with Crippen molar-refractivity contribution in [2.75, 3.05) is 21.3 Å². The second kappa shape index (κ2) is 17.1. The van der Waals surface area contributed by atoms with Crippen molar-refractivity contribution in [1.29, 1.82) is 0 Å². The van der Waals surface area contributed by atoms with Gasteiger partial charge in [-0.05, 0) is 91.5 Å². The van der Waals surface area contributed by atoms with E-state index in [1.807, 2.05) is 36.4 Å². The Bertz CT molecular complexity index is 2500. The van der Waals surface area contributed by atoms with E-state index in [1.54, 1.807) is 24.5 Å². The number of hydrogen-bond acceptors (Lipinski definition) is 10. The molecule has 0 amide bonds. The van der Waals surface area contributed by atoms with E-state index in [1.165, 1.54) is 36.7 Å². The summed E-state index contributed by atoms with van der Waals surface area (Å²) in [6.07, 6.45) is -2.35. The summed E-state index contributed by atoms with van der Waals surface area (Å²) >= 11 is 6.65. The molecule has 0 atom stereocenters. The maximum atomic E-state index is 13.2. The summed E-state index contributed by atoms with van der Waals surface area (Å²) in [7, 11) is 0. The largest absolute Gasteiger partial charge is 0.416 e. The number of aromatic amines is 2. The topological polar surface area (TPSA) is 157 Å². The summed E-state index contributed by atoms with van der Waals surface area (Å²) in [6.45, 7) is -0.0729. The van der Waals surface area contributed by atoms with Crippen LogP contribution in [-0.4, -0.2) is 40.3 Å². The molecule has 12 nitrogen and oxygen atoms in total. The summed E-state index contributed by atoms with van der Waals surface area (Å²) in [5, 5.41) is 27.6. The molecule has 4 heterocycles. The molecule has 0 saturated heterocycles. The summed E-state index contributed by atoms with van der Waals surface area (Å²) in [5.41, 5.74) is 2.17. The number of halogens is 8. The quantitative estimate of drug-likeness (QED) is 0.0730. The van der Waals surface area contributed by atoms with Gasteiger partial charge in [0, 0.05) is 47.6 Å². The molecule has 0 bridgehead atoms. The van der Waals surface area contributed by atoms with Gasteiger partial charge in [-0.25, -0.2) is 9.97 Å². The zero-order valence-electron chi connectivity index (χ0n) is 29.5. The molecule has 4 aromatic carbocycles. The summed E-state index contributed by atoms with van der Waals surface area (Å²) in [4.78, 5) is 17.1. The fraction of sp³-hybridized carbons (Fsp3) is 0.105. The third kappa shape index (κ3) is 9.80. The van der Waals surface area contributed by atoms with Crippen molar-refractivity contribution in [3.05, 3.63) is 141 Å². The van der Waals surface area contributed by atoms with E-state index in [4.69, 9.17) is 0 Å². The zero-order valence-corrected chi connectivity index (χ0v) is 32.7. The third-order valence-corrected chi connectivity index (χ3v) is 9.58. The minimum Gasteiger partial charge on any atom is -0.365 e. The van der Waals surface area contributed by atoms with Crippen LogP contribution in [0.25, 0.3) is 21.8 Å². The van der Waals surface area contributed by atoms with Crippen LogP contribution in [0.4, 0.5) is 61.2 Å². The van der Waals surface area contributed by atoms with Crippen molar-refractivity contribution in [3.8, 4) is 0 Å². The third-order valence-electron chi connectivity index (χ3n) is 8.42. The van der Waals surface area contributed by atoms with E-state index in [2.05, 4.69) is 93.5 Å². The highest BCUT2D eigenvalue weighted by atomic mass is 79.9. The molecular weight excluding hydrogens is 898 g/mol. The Balaban J connectivity index is 0.000000177. The molecule has 20 heteroatoms. The summed E-state index contributed by atoms with van der Waals surface area (Å²) in [6, 6.07) is 22.1. The lowest BCUT2D eigenvalue weighted by Crippen LogP contribution is -2.12. The number of hydrogen-bond donors (Lipinski definition) is 6. The second-order valence-electron chi connectivity index (χ2n) is 12.4. The maximum absolute atomic E-state index is 13.2. The highest BCUT2D eigenvalue weighted by Gasteiger charge is 2.33. The lowest BCUT2D eigenvalue weighted by atomic mass is 10.1. The van der Waals surface area contributed by atoms with Crippen LogP contribution in [0.3, 0.4) is 0 Å². The number of nitrogens with one attached hydrogen (secondary N) is 6. The van der Waals surface area contributed by atoms with Crippen LogP contribution >= 0.6 is 31.9 Å². The van der Waals surface area contributed by atoms with Crippen molar-refractivity contribution in [1.82, 2.24) is 40.3 Å². The molecule has 8 rings (SSSR count). The number of anilines is 6. The number of H-pyrrole nitrogens is 2. The maximum Gasteiger partial charge on any atom is 0.416 e. The highest BCUT2D eigenvalue weighted by molar-refractivity contribution is 9.11. The van der Waals surface area contributed by atoms with Crippen LogP contribution in [0.5, 0.6) is 0 Å². The Kier molecular flexibility index (Phi) is 11.7. The van der Waals surface area contributed by atoms with Gasteiger partial charge in [0.2, 0.25) is 11.9 Å². The fourth-order valence-corrected chi connectivity index (χ4v) is 6.32. The predicted molar refractivity (Wildman–Crippen MR) is 216 cm³/mol. The molecule has 0 spiro atoms. The molecule has 296 valence electrons. The molecule has 0 unspecified atom stereocenters. The fourth-order valence-electron chi connectivity index (χ4n) is 5.66. The predicted octanol–water partition coefficient (Wildman–Crippen LogP) is 11.0. The lowest BCUT2D eigenvalue weighted by Gasteiger charge is -2.14. The normalized spacial score (nSPS) is 11.6. The molecular formula is C38H28Br2F6N12. The Morgan fingerprint density at radius 2 is 1.02 bits per heavy atom. The molecule has 0 aliphatic heterocycles. The van der Waals surface area contributed by atoms with Gasteiger partial charge in [-0.3, -0.25) is 10.2 Å². The molecule has 0 aliphatic rings. The van der Waals surface area contributed by atoms with Gasteiger partial charge < -0.3 is 21.3 Å². The van der Waals surface area contributed by atoms with Crippen molar-refractivity contribution in [3.63, 3.8) is 0 Å². The van der Waals surface area contributed by atoms with E-state index in [0.717, 1.165) is 45.3 Å². The second-order valence-corrected chi connectivity index (χ2v) is 14.1. The van der Waals surface area contributed by atoms with Crippen LogP contribution in [0.2, 0.25) is 0 Å². The van der Waals surface area contributed by atoms with Gasteiger partial charge in [-0.1, -0.05) is 36.4 Å². The molecule has 0 radical (unpaired) electrons. The summed E-state index contributed by atoms with van der Waals surface area (Å²) < 4.78 is 80.1. The Morgan fingerprint density at radius 3 is 1.57 bits per heavy atom. The molecule has 0 saturated carbocycles. The van der Waals surface area contributed by atoms with Gasteiger partial charge in [0.15, 0.2) is 0 Å². The molecule has 0 fully saturated rings. The van der Waals surface area contributed by atoms with Gasteiger partial charge >= 0.3 is 12.4 Å². The Labute approximate surface area is 341 Å². The molecule has 58 heavy (non-hydrogen) atoms. The van der Waals surface area contributed by atoms with Gasteiger partial charge in [-0.2, -0.15) is 46.5 Å². The first kappa shape index (κ1) is 39.9. The van der Waals surface area contributed by atoms with E-state index >= 15 is 0 Å². The monoisotopic (exact) mass is 924 g/mol. The van der Waals surface area contributed by atoms with Crippen molar-refractivity contribution >= 4 is 88.6 Å². The Morgan fingerprint density at radius 1 is 0.534 bits per heavy atom. The number of fused-ring (bicyclic) bond motifs is 2. The molecule has 6 N–H and O–H groups in total. The lowest BCUT2D eigenvalue weighted by molar-refractivity contribution is -0.139. The standard InChI is InChI=1S/2C19H14BrF3N6/c20-15-10-25-18(27-13-5-6-16-12(7-13)9-26-29-16)28-17(15)24-8-11-3-1-2-4-14(11)19(21,22)23;20-15-10-25-18(27-13-6-5-12-9-26-29-16(12)7-13)28-17(15)24-8-11-3-1-2-4-14(11)19(21,22)23/h2*1-7,9-10H,8H2,(H,26,29)(H2,24,25,27,28). The summed E-state index contributed by atoms with van der Waals surface area (Å²) in [5.74, 6) is 1.37. The number of nitrogens with zero attached hydrogens (tertiary/aromatic N) is 6. The van der Waals surface area contributed by atoms with Gasteiger partial charge in [-0.15, -0.1) is 0 Å². The zero-order chi connectivity index (χ0) is 40.9. The van der Waals surface area contributed by atoms with Crippen LogP contribution in [-0.2, 0) is 25.4 Å². The molecule has 8 aromatic rings. The van der Waals surface area contributed by atoms with Crippen LogP contribution in [0.1, 0.15) is 22.3 Å². The van der Waals surface area contributed by atoms with E-state index in [0.29, 0.717) is 32.5 Å². The molecule has 4 aromatic heterocycles.